The quantitative estimate of drug-likeness (QED) is 0.260. The van der Waals surface area contributed by atoms with Crippen LogP contribution in [0, 0.1) is 34.0 Å². The molecule has 5 fully saturated rings. The van der Waals surface area contributed by atoms with Crippen LogP contribution in [0.4, 0.5) is 8.78 Å². The number of rotatable bonds is 14. The summed E-state index contributed by atoms with van der Waals surface area (Å²) < 4.78 is 36.0. The maximum absolute atomic E-state index is 14.4. The zero-order chi connectivity index (χ0) is 40.0. The summed E-state index contributed by atoms with van der Waals surface area (Å²) in [6, 6.07) is 8.24. The zero-order valence-corrected chi connectivity index (χ0v) is 32.5. The molecule has 2 spiro atoms. The Morgan fingerprint density at radius 2 is 1.66 bits per heavy atom. The fourth-order valence-corrected chi connectivity index (χ4v) is 9.35. The Morgan fingerprint density at radius 3 is 2.27 bits per heavy atom. The average molecular weight is 781 g/mol. The van der Waals surface area contributed by atoms with Crippen LogP contribution in [0.1, 0.15) is 88.1 Å². The van der Waals surface area contributed by atoms with Gasteiger partial charge in [0.25, 0.3) is 5.91 Å². The number of benzene rings is 1. The number of hydrogen-bond acceptors (Lipinski definition) is 7. The van der Waals surface area contributed by atoms with Crippen molar-refractivity contribution in [2.24, 2.45) is 34.0 Å². The Labute approximate surface area is 325 Å². The second-order valence-corrected chi connectivity index (χ2v) is 18.0. The molecule has 13 nitrogen and oxygen atoms in total. The topological polar surface area (TPSA) is 163 Å². The van der Waals surface area contributed by atoms with Crippen LogP contribution in [0.3, 0.4) is 0 Å². The maximum Gasteiger partial charge on any atom is 0.376 e. The number of aliphatic carboxylic acids is 1. The molecule has 2 saturated heterocycles. The lowest BCUT2D eigenvalue weighted by Crippen LogP contribution is -2.65. The molecular weight excluding hydrogens is 726 g/mol. The van der Waals surface area contributed by atoms with Gasteiger partial charge in [-0.25, -0.2) is 4.79 Å². The smallest absolute Gasteiger partial charge is 0.376 e. The van der Waals surface area contributed by atoms with Gasteiger partial charge >= 0.3 is 11.9 Å². The van der Waals surface area contributed by atoms with Gasteiger partial charge in [-0.1, -0.05) is 50.6 Å². The van der Waals surface area contributed by atoms with E-state index < -0.39 is 53.7 Å². The van der Waals surface area contributed by atoms with Crippen molar-refractivity contribution >= 4 is 29.6 Å². The lowest BCUT2D eigenvalue weighted by atomic mass is 9.59. The molecular formula is C41H54F2N6O7. The van der Waals surface area contributed by atoms with Crippen molar-refractivity contribution in [3.05, 3.63) is 53.9 Å². The number of likely N-dealkylation sites (tertiary alicyclic amines) is 2. The highest BCUT2D eigenvalue weighted by Gasteiger charge is 2.62. The first-order valence-electron chi connectivity index (χ1n) is 20.0. The first-order chi connectivity index (χ1) is 26.5. The number of alkyl halides is 2. The van der Waals surface area contributed by atoms with Crippen LogP contribution in [0.5, 0.6) is 0 Å². The summed E-state index contributed by atoms with van der Waals surface area (Å²) in [7, 11) is 0. The summed E-state index contributed by atoms with van der Waals surface area (Å²) >= 11 is 0. The van der Waals surface area contributed by atoms with E-state index in [4.69, 9.17) is 9.84 Å². The second kappa shape index (κ2) is 15.2. The highest BCUT2D eigenvalue weighted by molar-refractivity contribution is 5.96. The van der Waals surface area contributed by atoms with E-state index >= 15 is 0 Å². The van der Waals surface area contributed by atoms with Crippen LogP contribution in [0.2, 0.25) is 0 Å². The van der Waals surface area contributed by atoms with Crippen LogP contribution in [-0.2, 0) is 30.5 Å². The van der Waals surface area contributed by atoms with Crippen molar-refractivity contribution in [3.63, 3.8) is 0 Å². The van der Waals surface area contributed by atoms with Gasteiger partial charge in [-0.05, 0) is 74.2 Å². The number of aromatic nitrogens is 2. The highest BCUT2D eigenvalue weighted by atomic mass is 19.3. The van der Waals surface area contributed by atoms with Gasteiger partial charge in [0.1, 0.15) is 6.04 Å². The largest absolute Gasteiger partial charge is 0.477 e. The molecule has 2 aromatic rings. The van der Waals surface area contributed by atoms with Crippen LogP contribution >= 0.6 is 0 Å². The normalized spacial score (nSPS) is 24.5. The summed E-state index contributed by atoms with van der Waals surface area (Å²) in [6.45, 7) is 5.64. The molecule has 2 aliphatic heterocycles. The molecule has 4 atom stereocenters. The number of carbonyl (C=O) groups excluding carboxylic acids is 4. The molecule has 5 aliphatic rings. The molecule has 3 N–H and O–H groups in total. The Bertz CT molecular complexity index is 1810. The third-order valence-corrected chi connectivity index (χ3v) is 13.5. The minimum atomic E-state index is -4.22. The molecule has 1 aromatic heterocycles. The fourth-order valence-electron chi connectivity index (χ4n) is 9.35. The SMILES string of the molecule is C[C@@H](OCC1CCC2(CCC2)CC1)[C@H](NC(=O)[C@@H]1CN(C(=O)c2cnn(Cc3ccccc3)c2)CC12CN(C(=O)[C@H]1CC1(C)C)C2)C(=O)NCC(F)(F)C(=O)O. The van der Waals surface area contributed by atoms with E-state index in [0.29, 0.717) is 24.1 Å². The molecule has 304 valence electrons. The van der Waals surface area contributed by atoms with Crippen molar-refractivity contribution in [2.75, 3.05) is 39.3 Å². The minimum Gasteiger partial charge on any atom is -0.477 e. The summed E-state index contributed by atoms with van der Waals surface area (Å²) in [5.74, 6) is -9.21. The molecule has 0 unspecified atom stereocenters. The summed E-state index contributed by atoms with van der Waals surface area (Å²) in [4.78, 5) is 69.7. The molecule has 1 aromatic carbocycles. The molecule has 0 radical (unpaired) electrons. The zero-order valence-electron chi connectivity index (χ0n) is 32.5. The number of amides is 4. The third-order valence-electron chi connectivity index (χ3n) is 13.5. The van der Waals surface area contributed by atoms with Gasteiger partial charge in [-0.3, -0.25) is 23.9 Å². The minimum absolute atomic E-state index is 0.00400. The van der Waals surface area contributed by atoms with Crippen molar-refractivity contribution in [1.82, 2.24) is 30.2 Å². The predicted octanol–water partition coefficient (Wildman–Crippen LogP) is 3.96. The molecule has 15 heteroatoms. The average Bonchev–Trinajstić information content (AvgIpc) is 3.44. The van der Waals surface area contributed by atoms with Crippen molar-refractivity contribution in [3.8, 4) is 0 Å². The second-order valence-electron chi connectivity index (χ2n) is 18.0. The Hall–Kier alpha value is -4.40. The molecule has 4 amide bonds. The van der Waals surface area contributed by atoms with Crippen molar-refractivity contribution in [2.45, 2.75) is 96.8 Å². The van der Waals surface area contributed by atoms with Gasteiger partial charge in [-0.15, -0.1) is 0 Å². The molecule has 7 rings (SSSR count). The Balaban J connectivity index is 1.07. The lowest BCUT2D eigenvalue weighted by Gasteiger charge is -2.50. The van der Waals surface area contributed by atoms with Crippen LogP contribution < -0.4 is 10.6 Å². The highest BCUT2D eigenvalue weighted by Crippen LogP contribution is 2.55. The first kappa shape index (κ1) is 39.8. The van der Waals surface area contributed by atoms with E-state index in [0.717, 1.165) is 37.7 Å². The van der Waals surface area contributed by atoms with Gasteiger partial charge in [0.05, 0.1) is 36.9 Å². The number of hydrogen-bond donors (Lipinski definition) is 3. The number of carboxylic acids is 1. The van der Waals surface area contributed by atoms with E-state index in [1.165, 1.54) is 25.5 Å². The van der Waals surface area contributed by atoms with Gasteiger partial charge in [0.2, 0.25) is 17.7 Å². The molecule has 3 heterocycles. The van der Waals surface area contributed by atoms with Gasteiger partial charge in [0.15, 0.2) is 0 Å². The summed E-state index contributed by atoms with van der Waals surface area (Å²) in [6.07, 6.45) is 10.9. The molecule has 56 heavy (non-hydrogen) atoms. The first-order valence-corrected chi connectivity index (χ1v) is 20.0. The number of ether oxygens (including phenoxy) is 1. The fraction of sp³-hybridized carbons (Fsp3) is 0.659. The van der Waals surface area contributed by atoms with Crippen molar-refractivity contribution < 1.29 is 42.6 Å². The lowest BCUT2D eigenvalue weighted by molar-refractivity contribution is -0.164. The summed E-state index contributed by atoms with van der Waals surface area (Å²) in [5, 5.41) is 18.1. The van der Waals surface area contributed by atoms with Crippen LogP contribution in [0.15, 0.2) is 42.7 Å². The third kappa shape index (κ3) is 8.19. The number of nitrogens with one attached hydrogen (secondary N) is 2. The van der Waals surface area contributed by atoms with Gasteiger partial charge in [0, 0.05) is 50.3 Å². The van der Waals surface area contributed by atoms with E-state index in [2.05, 4.69) is 10.4 Å². The predicted molar refractivity (Wildman–Crippen MR) is 199 cm³/mol. The van der Waals surface area contributed by atoms with E-state index in [-0.39, 0.29) is 55.2 Å². The molecule has 3 aliphatic carbocycles. The Kier molecular flexibility index (Phi) is 10.8. The maximum atomic E-state index is 14.4. The number of carbonyl (C=O) groups is 5. The van der Waals surface area contributed by atoms with E-state index in [9.17, 15) is 32.8 Å². The van der Waals surface area contributed by atoms with Crippen LogP contribution in [-0.4, -0.2) is 112 Å². The standard InChI is InChI=1S/C41H54F2N6O7/c1-26(56-21-28-10-14-39(15-11-28)12-7-13-39)32(34(51)44-22-41(42,43)37(54)55)46-33(50)31-20-47(23-40(31)24-48(25-40)36(53)30-16-38(30,2)3)35(52)29-17-45-49(19-29)18-27-8-5-4-6-9-27/h4-6,8-9,17,19,26,28,30-32H,7,10-16,18,20-25H2,1-3H3,(H,44,51)(H,46,50)(H,54,55)/t26-,30-,31+,32+/m1/s1. The van der Waals surface area contributed by atoms with Crippen LogP contribution in [0.25, 0.3) is 0 Å². The molecule has 0 bridgehead atoms. The summed E-state index contributed by atoms with van der Waals surface area (Å²) in [5.41, 5.74) is 0.885. The van der Waals surface area contributed by atoms with E-state index in [1.807, 2.05) is 49.5 Å². The molecule has 3 saturated carbocycles. The van der Waals surface area contributed by atoms with Gasteiger partial charge < -0.3 is 30.3 Å². The number of nitrogens with zero attached hydrogens (tertiary/aromatic N) is 4. The monoisotopic (exact) mass is 780 g/mol. The van der Waals surface area contributed by atoms with E-state index in [1.54, 1.807) is 27.6 Å². The van der Waals surface area contributed by atoms with Crippen molar-refractivity contribution in [1.29, 1.82) is 0 Å². The number of halogens is 2. The Morgan fingerprint density at radius 1 is 1.00 bits per heavy atom. The number of carboxylic acid groups (broad SMARTS) is 1. The van der Waals surface area contributed by atoms with Gasteiger partial charge in [-0.2, -0.15) is 13.9 Å².